The molecule has 0 amide bonds. The van der Waals surface area contributed by atoms with E-state index >= 15 is 0 Å². The maximum absolute atomic E-state index is 10.7. The largest absolute Gasteiger partial charge is 0.506 e. The number of phenolic OH excluding ortho intramolecular Hbond substituents is 1. The summed E-state index contributed by atoms with van der Waals surface area (Å²) in [6.45, 7) is 1.45. The number of hydrogen-bond acceptors (Lipinski definition) is 2. The van der Waals surface area contributed by atoms with Crippen LogP contribution < -0.4 is 0 Å². The number of rotatable bonds is 2. The number of benzene rings is 1. The second-order valence-corrected chi connectivity index (χ2v) is 3.73. The van der Waals surface area contributed by atoms with Crippen LogP contribution in [0.25, 0.3) is 0 Å². The third-order valence-corrected chi connectivity index (χ3v) is 2.40. The molecule has 1 rings (SSSR count). The summed E-state index contributed by atoms with van der Waals surface area (Å²) in [5.41, 5.74) is 0.218. The second kappa shape index (κ2) is 4.07. The fourth-order valence-corrected chi connectivity index (χ4v) is 1.56. The van der Waals surface area contributed by atoms with Gasteiger partial charge in [-0.2, -0.15) is 0 Å². The van der Waals surface area contributed by atoms with Gasteiger partial charge in [0.25, 0.3) is 0 Å². The summed E-state index contributed by atoms with van der Waals surface area (Å²) in [5, 5.41) is 18.6. The van der Waals surface area contributed by atoms with Crippen molar-refractivity contribution in [3.63, 3.8) is 0 Å². The average molecular weight is 235 g/mol. The standard InChI is InChI=1S/C9H8Cl2O3/c1-4(9(13)14)6-2-5(10)3-7(11)8(6)12/h2-4,12H,1H3,(H,13,14). The summed E-state index contributed by atoms with van der Waals surface area (Å²) in [4.78, 5) is 10.7. The first kappa shape index (κ1) is 11.1. The molecule has 5 heteroatoms. The molecule has 2 N–H and O–H groups in total. The zero-order valence-corrected chi connectivity index (χ0v) is 8.80. The van der Waals surface area contributed by atoms with Crippen molar-refractivity contribution in [3.05, 3.63) is 27.7 Å². The van der Waals surface area contributed by atoms with Crippen molar-refractivity contribution in [2.24, 2.45) is 0 Å². The predicted molar refractivity (Wildman–Crippen MR) is 54.2 cm³/mol. The number of carboxylic acid groups (broad SMARTS) is 1. The Morgan fingerprint density at radius 3 is 2.50 bits per heavy atom. The molecular weight excluding hydrogens is 227 g/mol. The van der Waals surface area contributed by atoms with Crippen molar-refractivity contribution >= 4 is 29.2 Å². The number of hydrogen-bond donors (Lipinski definition) is 2. The maximum atomic E-state index is 10.7. The normalized spacial score (nSPS) is 12.5. The highest BCUT2D eigenvalue weighted by atomic mass is 35.5. The average Bonchev–Trinajstić information content (AvgIpc) is 2.09. The van der Waals surface area contributed by atoms with E-state index in [1.165, 1.54) is 19.1 Å². The van der Waals surface area contributed by atoms with Gasteiger partial charge in [0.15, 0.2) is 0 Å². The Kier molecular flexibility index (Phi) is 3.24. The van der Waals surface area contributed by atoms with Gasteiger partial charge in [-0.05, 0) is 19.1 Å². The molecule has 0 saturated heterocycles. The molecule has 0 aromatic heterocycles. The Balaban J connectivity index is 3.26. The molecule has 0 fully saturated rings. The van der Waals surface area contributed by atoms with Crippen LogP contribution in [-0.4, -0.2) is 16.2 Å². The van der Waals surface area contributed by atoms with Crippen molar-refractivity contribution in [3.8, 4) is 5.75 Å². The fourth-order valence-electron chi connectivity index (χ4n) is 1.05. The molecule has 0 radical (unpaired) electrons. The van der Waals surface area contributed by atoms with Crippen LogP contribution in [0.2, 0.25) is 10.0 Å². The lowest BCUT2D eigenvalue weighted by atomic mass is 10.0. The lowest BCUT2D eigenvalue weighted by Gasteiger charge is -2.10. The first-order valence-corrected chi connectivity index (χ1v) is 4.59. The highest BCUT2D eigenvalue weighted by Gasteiger charge is 2.19. The predicted octanol–water partition coefficient (Wildman–Crippen LogP) is 2.89. The Morgan fingerprint density at radius 1 is 1.43 bits per heavy atom. The molecule has 0 saturated carbocycles. The van der Waals surface area contributed by atoms with Gasteiger partial charge in [0.2, 0.25) is 0 Å². The monoisotopic (exact) mass is 234 g/mol. The zero-order chi connectivity index (χ0) is 10.9. The van der Waals surface area contributed by atoms with E-state index in [2.05, 4.69) is 0 Å². The Morgan fingerprint density at radius 2 is 2.00 bits per heavy atom. The minimum atomic E-state index is -1.04. The molecule has 0 aliphatic carbocycles. The van der Waals surface area contributed by atoms with Gasteiger partial charge < -0.3 is 10.2 Å². The van der Waals surface area contributed by atoms with Crippen molar-refractivity contribution in [1.82, 2.24) is 0 Å². The Labute approximate surface area is 90.9 Å². The summed E-state index contributed by atoms with van der Waals surface area (Å²) in [6, 6.07) is 2.75. The van der Waals surface area contributed by atoms with Crippen LogP contribution in [0.4, 0.5) is 0 Å². The molecular formula is C9H8Cl2O3. The van der Waals surface area contributed by atoms with E-state index in [1.807, 2.05) is 0 Å². The molecule has 0 heterocycles. The number of phenols is 1. The molecule has 0 aliphatic heterocycles. The van der Waals surface area contributed by atoms with Crippen LogP contribution in [0, 0.1) is 0 Å². The third kappa shape index (κ3) is 2.11. The van der Waals surface area contributed by atoms with E-state index in [1.54, 1.807) is 0 Å². The SMILES string of the molecule is CC(C(=O)O)c1cc(Cl)cc(Cl)c1O. The molecule has 3 nitrogen and oxygen atoms in total. The molecule has 14 heavy (non-hydrogen) atoms. The van der Waals surface area contributed by atoms with Gasteiger partial charge in [-0.15, -0.1) is 0 Å². The summed E-state index contributed by atoms with van der Waals surface area (Å²) in [5.74, 6) is -2.11. The second-order valence-electron chi connectivity index (χ2n) is 2.89. The topological polar surface area (TPSA) is 57.5 Å². The van der Waals surface area contributed by atoms with Crippen molar-refractivity contribution in [2.45, 2.75) is 12.8 Å². The van der Waals surface area contributed by atoms with Crippen LogP contribution in [0.5, 0.6) is 5.75 Å². The number of aromatic hydroxyl groups is 1. The molecule has 1 unspecified atom stereocenters. The van der Waals surface area contributed by atoms with Gasteiger partial charge in [-0.25, -0.2) is 0 Å². The van der Waals surface area contributed by atoms with Gasteiger partial charge in [0.05, 0.1) is 10.9 Å². The first-order valence-electron chi connectivity index (χ1n) is 3.84. The summed E-state index contributed by atoms with van der Waals surface area (Å²) in [7, 11) is 0. The van der Waals surface area contributed by atoms with Crippen molar-refractivity contribution in [2.75, 3.05) is 0 Å². The van der Waals surface area contributed by atoms with Gasteiger partial charge in [0, 0.05) is 10.6 Å². The molecule has 1 aromatic rings. The molecule has 1 aromatic carbocycles. The van der Waals surface area contributed by atoms with Crippen LogP contribution in [0.15, 0.2) is 12.1 Å². The summed E-state index contributed by atoms with van der Waals surface area (Å²) >= 11 is 11.3. The van der Waals surface area contributed by atoms with Crippen LogP contribution >= 0.6 is 23.2 Å². The molecule has 0 spiro atoms. The number of aliphatic carboxylic acids is 1. The van der Waals surface area contributed by atoms with Gasteiger partial charge in [-0.1, -0.05) is 23.2 Å². The van der Waals surface area contributed by atoms with Crippen molar-refractivity contribution in [1.29, 1.82) is 0 Å². The first-order chi connectivity index (χ1) is 6.43. The number of carboxylic acids is 1. The molecule has 1 atom stereocenters. The summed E-state index contributed by atoms with van der Waals surface area (Å²) < 4.78 is 0. The van der Waals surface area contributed by atoms with Crippen molar-refractivity contribution < 1.29 is 15.0 Å². The van der Waals surface area contributed by atoms with E-state index in [-0.39, 0.29) is 16.3 Å². The molecule has 0 bridgehead atoms. The number of carbonyl (C=O) groups is 1. The zero-order valence-electron chi connectivity index (χ0n) is 7.29. The minimum Gasteiger partial charge on any atom is -0.506 e. The molecule has 76 valence electrons. The fraction of sp³-hybridized carbons (Fsp3) is 0.222. The van der Waals surface area contributed by atoms with E-state index in [9.17, 15) is 9.90 Å². The van der Waals surface area contributed by atoms with Gasteiger partial charge in [-0.3, -0.25) is 4.79 Å². The van der Waals surface area contributed by atoms with Gasteiger partial charge >= 0.3 is 5.97 Å². The van der Waals surface area contributed by atoms with Crippen LogP contribution in [-0.2, 0) is 4.79 Å². The highest BCUT2D eigenvalue weighted by Crippen LogP contribution is 2.35. The molecule has 0 aliphatic rings. The Hall–Kier alpha value is -0.930. The smallest absolute Gasteiger partial charge is 0.310 e. The van der Waals surface area contributed by atoms with E-state index in [0.29, 0.717) is 5.02 Å². The van der Waals surface area contributed by atoms with E-state index in [4.69, 9.17) is 28.3 Å². The van der Waals surface area contributed by atoms with Crippen LogP contribution in [0.1, 0.15) is 18.4 Å². The highest BCUT2D eigenvalue weighted by molar-refractivity contribution is 6.35. The third-order valence-electron chi connectivity index (χ3n) is 1.89. The number of halogens is 2. The van der Waals surface area contributed by atoms with Gasteiger partial charge in [0.1, 0.15) is 5.75 Å². The van der Waals surface area contributed by atoms with E-state index in [0.717, 1.165) is 0 Å². The quantitative estimate of drug-likeness (QED) is 0.828. The maximum Gasteiger partial charge on any atom is 0.310 e. The summed E-state index contributed by atoms with van der Waals surface area (Å²) in [6.07, 6.45) is 0. The minimum absolute atomic E-state index is 0.0561. The van der Waals surface area contributed by atoms with Crippen LogP contribution in [0.3, 0.4) is 0 Å². The lowest BCUT2D eigenvalue weighted by molar-refractivity contribution is -0.138. The lowest BCUT2D eigenvalue weighted by Crippen LogP contribution is -2.07. The Bertz CT molecular complexity index is 377. The van der Waals surface area contributed by atoms with E-state index < -0.39 is 11.9 Å².